The van der Waals surface area contributed by atoms with Gasteiger partial charge in [0.1, 0.15) is 5.03 Å². The van der Waals surface area contributed by atoms with Gasteiger partial charge in [0.15, 0.2) is 0 Å². The van der Waals surface area contributed by atoms with Crippen LogP contribution in [0.1, 0.15) is 0 Å². The Morgan fingerprint density at radius 3 is 2.85 bits per heavy atom. The minimum atomic E-state index is -0.576. The van der Waals surface area contributed by atoms with E-state index in [0.29, 0.717) is 10.7 Å². The summed E-state index contributed by atoms with van der Waals surface area (Å²) >= 11 is 7.66. The highest BCUT2D eigenvalue weighted by Crippen LogP contribution is 2.33. The van der Waals surface area contributed by atoms with Gasteiger partial charge in [-0.25, -0.2) is 15.2 Å². The van der Waals surface area contributed by atoms with E-state index < -0.39 is 6.09 Å². The summed E-state index contributed by atoms with van der Waals surface area (Å²) in [7, 11) is 1.29. The van der Waals surface area contributed by atoms with Crippen molar-refractivity contribution in [3.8, 4) is 0 Å². The first-order valence-electron chi connectivity index (χ1n) is 5.67. The highest BCUT2D eigenvalue weighted by molar-refractivity contribution is 7.99. The lowest BCUT2D eigenvalue weighted by Crippen LogP contribution is -2.28. The number of rotatable bonds is 4. The summed E-state index contributed by atoms with van der Waals surface area (Å²) < 4.78 is 4.45. The van der Waals surface area contributed by atoms with E-state index in [2.05, 4.69) is 20.6 Å². The number of halogens is 1. The maximum atomic E-state index is 10.9. The number of benzene rings is 1. The van der Waals surface area contributed by atoms with Gasteiger partial charge in [0.05, 0.1) is 17.8 Å². The monoisotopic (exact) mass is 309 g/mol. The Morgan fingerprint density at radius 1 is 1.35 bits per heavy atom. The Morgan fingerprint density at radius 2 is 2.20 bits per heavy atom. The second-order valence-corrected chi connectivity index (χ2v) is 5.13. The molecule has 2 aromatic rings. The summed E-state index contributed by atoms with van der Waals surface area (Å²) in [5, 5.41) is 1.43. The molecular formula is C13H12ClN3O2S. The quantitative estimate of drug-likeness (QED) is 0.845. The topological polar surface area (TPSA) is 63.2 Å². The molecule has 2 rings (SSSR count). The summed E-state index contributed by atoms with van der Waals surface area (Å²) in [6.07, 6.45) is 1.15. The van der Waals surface area contributed by atoms with Crippen LogP contribution < -0.4 is 10.9 Å². The van der Waals surface area contributed by atoms with Crippen molar-refractivity contribution >= 4 is 35.1 Å². The number of hydrazine groups is 1. The Balaban J connectivity index is 2.04. The molecule has 0 atom stereocenters. The zero-order valence-corrected chi connectivity index (χ0v) is 12.2. The van der Waals surface area contributed by atoms with Gasteiger partial charge in [-0.05, 0) is 30.3 Å². The summed E-state index contributed by atoms with van der Waals surface area (Å²) in [5.74, 6) is 0. The highest BCUT2D eigenvalue weighted by atomic mass is 35.5. The molecule has 7 heteroatoms. The molecule has 20 heavy (non-hydrogen) atoms. The number of amides is 1. The summed E-state index contributed by atoms with van der Waals surface area (Å²) in [5.41, 5.74) is 5.71. The van der Waals surface area contributed by atoms with Crippen LogP contribution in [0, 0.1) is 0 Å². The molecule has 0 fully saturated rings. The lowest BCUT2D eigenvalue weighted by atomic mass is 10.3. The number of ether oxygens (including phenoxy) is 1. The molecule has 0 unspecified atom stereocenters. The molecule has 1 aromatic heterocycles. The van der Waals surface area contributed by atoms with Crippen molar-refractivity contribution < 1.29 is 9.53 Å². The molecule has 2 N–H and O–H groups in total. The van der Waals surface area contributed by atoms with Crippen LogP contribution in [-0.4, -0.2) is 18.2 Å². The maximum Gasteiger partial charge on any atom is 0.425 e. The smallest absolute Gasteiger partial charge is 0.425 e. The number of carbonyl (C=O) groups excluding carboxylic acids is 1. The van der Waals surface area contributed by atoms with Crippen molar-refractivity contribution in [3.05, 3.63) is 47.6 Å². The molecule has 5 nitrogen and oxygen atoms in total. The van der Waals surface area contributed by atoms with Gasteiger partial charge >= 0.3 is 6.09 Å². The number of nitrogens with one attached hydrogen (secondary N) is 2. The third kappa shape index (κ3) is 4.04. The van der Waals surface area contributed by atoms with Gasteiger partial charge < -0.3 is 4.74 Å². The molecule has 0 radical (unpaired) electrons. The second-order valence-electron chi connectivity index (χ2n) is 3.66. The zero-order chi connectivity index (χ0) is 14.4. The summed E-state index contributed by atoms with van der Waals surface area (Å²) in [6, 6.07) is 11.0. The predicted molar refractivity (Wildman–Crippen MR) is 79.0 cm³/mol. The second kappa shape index (κ2) is 7.02. The minimum absolute atomic E-state index is 0.567. The molecule has 1 heterocycles. The van der Waals surface area contributed by atoms with E-state index in [1.165, 1.54) is 18.9 Å². The third-order valence-corrected chi connectivity index (χ3v) is 3.73. The van der Waals surface area contributed by atoms with E-state index in [-0.39, 0.29) is 0 Å². The van der Waals surface area contributed by atoms with Crippen molar-refractivity contribution in [1.82, 2.24) is 10.4 Å². The van der Waals surface area contributed by atoms with Crippen LogP contribution in [0.3, 0.4) is 0 Å². The maximum absolute atomic E-state index is 10.9. The molecule has 1 aromatic carbocycles. The SMILES string of the molecule is COC(=O)NNc1ccc(Sc2ccccn2)c(Cl)c1. The van der Waals surface area contributed by atoms with E-state index in [1.54, 1.807) is 18.3 Å². The van der Waals surface area contributed by atoms with Gasteiger partial charge in [-0.15, -0.1) is 0 Å². The number of carbonyl (C=O) groups is 1. The van der Waals surface area contributed by atoms with Crippen molar-refractivity contribution in [1.29, 1.82) is 0 Å². The molecule has 0 aliphatic rings. The lowest BCUT2D eigenvalue weighted by molar-refractivity contribution is 0.173. The zero-order valence-electron chi connectivity index (χ0n) is 10.6. The lowest BCUT2D eigenvalue weighted by Gasteiger charge is -2.09. The fourth-order valence-corrected chi connectivity index (χ4v) is 2.43. The normalized spacial score (nSPS) is 9.90. The Hall–Kier alpha value is -1.92. The van der Waals surface area contributed by atoms with E-state index in [0.717, 1.165) is 9.92 Å². The van der Waals surface area contributed by atoms with E-state index in [4.69, 9.17) is 11.6 Å². The van der Waals surface area contributed by atoms with Crippen LogP contribution in [0.5, 0.6) is 0 Å². The molecule has 0 aliphatic carbocycles. The predicted octanol–water partition coefficient (Wildman–Crippen LogP) is 3.57. The number of methoxy groups -OCH3 is 1. The van der Waals surface area contributed by atoms with E-state index in [1.807, 2.05) is 24.3 Å². The van der Waals surface area contributed by atoms with Crippen LogP contribution in [-0.2, 0) is 4.74 Å². The molecule has 0 aliphatic heterocycles. The number of nitrogens with zero attached hydrogens (tertiary/aromatic N) is 1. The largest absolute Gasteiger partial charge is 0.452 e. The van der Waals surface area contributed by atoms with Crippen LogP contribution in [0.25, 0.3) is 0 Å². The number of anilines is 1. The van der Waals surface area contributed by atoms with Crippen molar-refractivity contribution in [3.63, 3.8) is 0 Å². The summed E-state index contributed by atoms with van der Waals surface area (Å²) in [6.45, 7) is 0. The van der Waals surface area contributed by atoms with Gasteiger partial charge in [0.2, 0.25) is 0 Å². The van der Waals surface area contributed by atoms with Gasteiger partial charge in [-0.3, -0.25) is 5.43 Å². The Bertz CT molecular complexity index is 595. The third-order valence-electron chi connectivity index (χ3n) is 2.28. The number of pyridine rings is 1. The standard InChI is InChI=1S/C13H12ClN3O2S/c1-19-13(18)17-16-9-5-6-11(10(14)8-9)20-12-4-2-3-7-15-12/h2-8,16H,1H3,(H,17,18). The van der Waals surface area contributed by atoms with Crippen molar-refractivity contribution in [2.24, 2.45) is 0 Å². The van der Waals surface area contributed by atoms with Gasteiger partial charge in [0, 0.05) is 11.1 Å². The Kier molecular flexibility index (Phi) is 5.09. The van der Waals surface area contributed by atoms with Crippen LogP contribution in [0.15, 0.2) is 52.5 Å². The molecule has 0 bridgehead atoms. The number of hydrogen-bond acceptors (Lipinski definition) is 5. The molecule has 1 amide bonds. The van der Waals surface area contributed by atoms with Crippen molar-refractivity contribution in [2.45, 2.75) is 9.92 Å². The van der Waals surface area contributed by atoms with Gasteiger partial charge in [0.25, 0.3) is 0 Å². The van der Waals surface area contributed by atoms with E-state index in [9.17, 15) is 4.79 Å². The fourth-order valence-electron chi connectivity index (χ4n) is 1.36. The highest BCUT2D eigenvalue weighted by Gasteiger charge is 2.05. The van der Waals surface area contributed by atoms with Crippen LogP contribution in [0.4, 0.5) is 10.5 Å². The summed E-state index contributed by atoms with van der Waals surface area (Å²) in [4.78, 5) is 16.0. The molecular weight excluding hydrogens is 298 g/mol. The minimum Gasteiger partial charge on any atom is -0.452 e. The first-order valence-corrected chi connectivity index (χ1v) is 6.87. The average molecular weight is 310 g/mol. The van der Waals surface area contributed by atoms with Crippen LogP contribution in [0.2, 0.25) is 5.02 Å². The first kappa shape index (κ1) is 14.5. The number of aromatic nitrogens is 1. The molecule has 0 spiro atoms. The van der Waals surface area contributed by atoms with Crippen molar-refractivity contribution in [2.75, 3.05) is 12.5 Å². The van der Waals surface area contributed by atoms with Gasteiger partial charge in [-0.2, -0.15) is 0 Å². The number of hydrogen-bond donors (Lipinski definition) is 2. The molecule has 0 saturated carbocycles. The van der Waals surface area contributed by atoms with E-state index >= 15 is 0 Å². The van der Waals surface area contributed by atoms with Crippen LogP contribution >= 0.6 is 23.4 Å². The first-order chi connectivity index (χ1) is 9.69. The Labute approximate surface area is 125 Å². The average Bonchev–Trinajstić information content (AvgIpc) is 2.48. The molecule has 0 saturated heterocycles. The van der Waals surface area contributed by atoms with Gasteiger partial charge in [-0.1, -0.05) is 29.4 Å². The fraction of sp³-hybridized carbons (Fsp3) is 0.0769. The molecule has 104 valence electrons.